The van der Waals surface area contributed by atoms with Crippen molar-refractivity contribution in [1.29, 1.82) is 0 Å². The molecule has 2 aromatic carbocycles. The van der Waals surface area contributed by atoms with Crippen LogP contribution in [0.3, 0.4) is 0 Å². The number of halogens is 8. The summed E-state index contributed by atoms with van der Waals surface area (Å²) in [7, 11) is 0. The number of rotatable bonds is 4. The number of alkyl halides is 3. The molecule has 2 aromatic rings. The van der Waals surface area contributed by atoms with E-state index >= 15 is 0 Å². The topological polar surface area (TPSA) is 37.3 Å². The van der Waals surface area contributed by atoms with Gasteiger partial charge in [-0.3, -0.25) is 0 Å². The Balaban J connectivity index is 2.53. The molecule has 0 bridgehead atoms. The lowest BCUT2D eigenvalue weighted by Gasteiger charge is -2.19. The highest BCUT2D eigenvalue weighted by Gasteiger charge is 2.40. The van der Waals surface area contributed by atoms with E-state index in [4.69, 9.17) is 51.5 Å². The summed E-state index contributed by atoms with van der Waals surface area (Å²) in [5.74, 6) is -4.98. The van der Waals surface area contributed by atoms with Gasteiger partial charge in [0.15, 0.2) is 0 Å². The predicted octanol–water partition coefficient (Wildman–Crippen LogP) is 7.65. The maximum atomic E-state index is 14.5. The number of allylic oxidation sites excluding steroid dienone is 1. The third kappa shape index (κ3) is 5.08. The summed E-state index contributed by atoms with van der Waals surface area (Å²) < 4.78 is 54.8. The number of carbonyl (C=O) groups is 1. The Bertz CT molecular complexity index is 903. The minimum atomic E-state index is -4.86. The van der Waals surface area contributed by atoms with Crippen molar-refractivity contribution in [2.24, 2.45) is 0 Å². The van der Waals surface area contributed by atoms with E-state index in [0.29, 0.717) is 6.08 Å². The monoisotopic (exact) mass is 460 g/mol. The number of hydrogen-bond donors (Lipinski definition) is 1. The van der Waals surface area contributed by atoms with Gasteiger partial charge >= 0.3 is 12.1 Å². The minimum absolute atomic E-state index is 0.122. The molecule has 0 fully saturated rings. The minimum Gasteiger partial charge on any atom is -0.478 e. The largest absolute Gasteiger partial charge is 0.478 e. The Morgan fingerprint density at radius 2 is 1.56 bits per heavy atom. The van der Waals surface area contributed by atoms with Crippen LogP contribution in [-0.2, 0) is 0 Å². The van der Waals surface area contributed by atoms with Gasteiger partial charge in [-0.15, -0.1) is 0 Å². The van der Waals surface area contributed by atoms with E-state index in [9.17, 15) is 22.4 Å². The molecule has 10 heteroatoms. The zero-order valence-corrected chi connectivity index (χ0v) is 15.9. The van der Waals surface area contributed by atoms with Gasteiger partial charge in [-0.1, -0.05) is 52.5 Å². The van der Waals surface area contributed by atoms with Crippen LogP contribution >= 0.6 is 46.4 Å². The number of carboxylic acid groups (broad SMARTS) is 1. The number of hydrogen-bond acceptors (Lipinski definition) is 1. The van der Waals surface area contributed by atoms with Crippen LogP contribution in [0.25, 0.3) is 5.83 Å². The quantitative estimate of drug-likeness (QED) is 0.375. The molecular formula is C17H8Cl4F4O2. The van der Waals surface area contributed by atoms with Crippen LogP contribution in [0.1, 0.15) is 27.4 Å². The third-order valence-electron chi connectivity index (χ3n) is 3.51. The molecule has 0 aliphatic rings. The van der Waals surface area contributed by atoms with Crippen molar-refractivity contribution in [3.63, 3.8) is 0 Å². The van der Waals surface area contributed by atoms with Crippen molar-refractivity contribution in [3.05, 3.63) is 73.2 Å². The van der Waals surface area contributed by atoms with Gasteiger partial charge < -0.3 is 5.11 Å². The molecule has 0 spiro atoms. The highest BCUT2D eigenvalue weighted by Crippen LogP contribution is 2.42. The Morgan fingerprint density at radius 1 is 1.00 bits per heavy atom. The van der Waals surface area contributed by atoms with Crippen LogP contribution in [0.4, 0.5) is 17.6 Å². The summed E-state index contributed by atoms with van der Waals surface area (Å²) in [6.45, 7) is 0. The lowest BCUT2D eigenvalue weighted by atomic mass is 9.96. The molecular weight excluding hydrogens is 454 g/mol. The third-order valence-corrected chi connectivity index (χ3v) is 5.02. The normalized spacial score (nSPS) is 13.6. The Morgan fingerprint density at radius 3 is 2.00 bits per heavy atom. The van der Waals surface area contributed by atoms with Crippen LogP contribution < -0.4 is 0 Å². The van der Waals surface area contributed by atoms with Gasteiger partial charge in [0.1, 0.15) is 11.7 Å². The second-order valence-electron chi connectivity index (χ2n) is 5.33. The summed E-state index contributed by atoms with van der Waals surface area (Å²) in [5, 5.41) is 8.03. The summed E-state index contributed by atoms with van der Waals surface area (Å²) in [5.41, 5.74) is -1.03. The zero-order valence-electron chi connectivity index (χ0n) is 12.9. The van der Waals surface area contributed by atoms with Crippen LogP contribution in [-0.4, -0.2) is 17.3 Å². The van der Waals surface area contributed by atoms with Crippen LogP contribution in [0.15, 0.2) is 36.4 Å². The second-order valence-corrected chi connectivity index (χ2v) is 6.93. The molecule has 144 valence electrons. The maximum absolute atomic E-state index is 14.5. The Hall–Kier alpha value is -1.47. The van der Waals surface area contributed by atoms with Gasteiger partial charge in [0.25, 0.3) is 0 Å². The van der Waals surface area contributed by atoms with E-state index in [2.05, 4.69) is 0 Å². The standard InChI is InChI=1S/C17H8Cl4F4O2/c18-11-3-7(1-2-9(11)16(26)27)14(22)6-10(17(23,24)25)8-4-12(19)15(21)13(20)5-8/h1-6,10H,(H,26,27). The van der Waals surface area contributed by atoms with Crippen molar-refractivity contribution < 1.29 is 27.5 Å². The van der Waals surface area contributed by atoms with Gasteiger partial charge in [-0.2, -0.15) is 13.2 Å². The molecule has 0 aromatic heterocycles. The Labute approximate surface area is 170 Å². The molecule has 2 rings (SSSR count). The van der Waals surface area contributed by atoms with Crippen molar-refractivity contribution in [2.45, 2.75) is 12.1 Å². The fraction of sp³-hybridized carbons (Fsp3) is 0.118. The van der Waals surface area contributed by atoms with Crippen molar-refractivity contribution in [2.75, 3.05) is 0 Å². The number of aromatic carboxylic acids is 1. The molecule has 1 N–H and O–H groups in total. The smallest absolute Gasteiger partial charge is 0.399 e. The van der Waals surface area contributed by atoms with E-state index in [0.717, 1.165) is 30.3 Å². The summed E-state index contributed by atoms with van der Waals surface area (Å²) >= 11 is 23.0. The lowest BCUT2D eigenvalue weighted by Crippen LogP contribution is -2.19. The van der Waals surface area contributed by atoms with E-state index < -0.39 is 29.5 Å². The van der Waals surface area contributed by atoms with Crippen molar-refractivity contribution in [3.8, 4) is 0 Å². The van der Waals surface area contributed by atoms with Crippen molar-refractivity contribution >= 4 is 58.2 Å². The van der Waals surface area contributed by atoms with Gasteiger partial charge in [-0.05, 0) is 35.9 Å². The van der Waals surface area contributed by atoms with Gasteiger partial charge in [0.05, 0.1) is 25.7 Å². The molecule has 0 radical (unpaired) electrons. The first-order valence-corrected chi connectivity index (χ1v) is 8.54. The first kappa shape index (κ1) is 21.8. The Kier molecular flexibility index (Phi) is 6.68. The fourth-order valence-electron chi connectivity index (χ4n) is 2.21. The molecule has 0 aliphatic carbocycles. The fourth-order valence-corrected chi connectivity index (χ4v) is 3.09. The molecule has 27 heavy (non-hydrogen) atoms. The van der Waals surface area contributed by atoms with Crippen LogP contribution in [0.2, 0.25) is 20.1 Å². The lowest BCUT2D eigenvalue weighted by molar-refractivity contribution is -0.139. The van der Waals surface area contributed by atoms with E-state index in [-0.39, 0.29) is 31.2 Å². The highest BCUT2D eigenvalue weighted by atomic mass is 35.5. The summed E-state index contributed by atoms with van der Waals surface area (Å²) in [4.78, 5) is 10.9. The number of benzene rings is 2. The summed E-state index contributed by atoms with van der Waals surface area (Å²) in [6.07, 6.45) is -4.54. The van der Waals surface area contributed by atoms with E-state index in [1.54, 1.807) is 0 Å². The first-order valence-electron chi connectivity index (χ1n) is 7.03. The van der Waals surface area contributed by atoms with Gasteiger partial charge in [0, 0.05) is 5.56 Å². The van der Waals surface area contributed by atoms with Crippen LogP contribution in [0, 0.1) is 0 Å². The molecule has 0 heterocycles. The number of carboxylic acids is 1. The average Bonchev–Trinajstić information content (AvgIpc) is 2.55. The first-order chi connectivity index (χ1) is 12.4. The molecule has 0 saturated heterocycles. The zero-order chi connectivity index (χ0) is 20.5. The SMILES string of the molecule is O=C(O)c1ccc(C(F)=CC(c2cc(Cl)c(Cl)c(Cl)c2)C(F)(F)F)cc1Cl. The molecule has 0 aliphatic heterocycles. The van der Waals surface area contributed by atoms with Crippen LogP contribution in [0.5, 0.6) is 0 Å². The highest BCUT2D eigenvalue weighted by molar-refractivity contribution is 6.48. The summed E-state index contributed by atoms with van der Waals surface area (Å²) in [6, 6.07) is 4.81. The van der Waals surface area contributed by atoms with Gasteiger partial charge in [-0.25, -0.2) is 9.18 Å². The van der Waals surface area contributed by atoms with Gasteiger partial charge in [0.2, 0.25) is 0 Å². The van der Waals surface area contributed by atoms with Crippen molar-refractivity contribution in [1.82, 2.24) is 0 Å². The van der Waals surface area contributed by atoms with E-state index in [1.807, 2.05) is 0 Å². The molecule has 0 amide bonds. The molecule has 1 unspecified atom stereocenters. The average molecular weight is 462 g/mol. The molecule has 1 atom stereocenters. The molecule has 2 nitrogen and oxygen atoms in total. The predicted molar refractivity (Wildman–Crippen MR) is 97.8 cm³/mol. The maximum Gasteiger partial charge on any atom is 0.399 e. The second kappa shape index (κ2) is 8.27. The molecule has 0 saturated carbocycles. The van der Waals surface area contributed by atoms with E-state index in [1.165, 1.54) is 0 Å².